The van der Waals surface area contributed by atoms with Crippen molar-refractivity contribution in [2.24, 2.45) is 0 Å². The summed E-state index contributed by atoms with van der Waals surface area (Å²) in [6.07, 6.45) is 8.56. The van der Waals surface area contributed by atoms with E-state index in [1.165, 1.54) is 19.3 Å². The normalized spacial score (nSPS) is 24.0. The van der Waals surface area contributed by atoms with Crippen molar-refractivity contribution in [3.8, 4) is 0 Å². The van der Waals surface area contributed by atoms with E-state index in [-0.39, 0.29) is 30.4 Å². The van der Waals surface area contributed by atoms with Gasteiger partial charge in [-0.05, 0) is 42.2 Å². The van der Waals surface area contributed by atoms with Gasteiger partial charge in [-0.25, -0.2) is 0 Å². The Morgan fingerprint density at radius 1 is 0.882 bits per heavy atom. The Kier molecular flexibility index (Phi) is 5.60. The molecule has 3 aliphatic rings. The van der Waals surface area contributed by atoms with Gasteiger partial charge in [0.25, 0.3) is 0 Å². The summed E-state index contributed by atoms with van der Waals surface area (Å²) in [4.78, 5) is 35.1. The van der Waals surface area contributed by atoms with Crippen molar-refractivity contribution in [2.75, 3.05) is 6.54 Å². The highest BCUT2D eigenvalue weighted by atomic mass is 35.5. The van der Waals surface area contributed by atoms with Gasteiger partial charge in [-0.2, -0.15) is 0 Å². The van der Waals surface area contributed by atoms with Gasteiger partial charge in [0.15, 0.2) is 0 Å². The van der Waals surface area contributed by atoms with E-state index in [1.807, 2.05) is 46.2 Å². The number of carbonyl (C=O) groups is 2. The Hall–Kier alpha value is -2.79. The molecule has 2 atom stereocenters. The van der Waals surface area contributed by atoms with Crippen LogP contribution in [0.4, 0.5) is 0 Å². The molecule has 6 heteroatoms. The van der Waals surface area contributed by atoms with E-state index < -0.39 is 6.04 Å². The van der Waals surface area contributed by atoms with E-state index in [1.54, 1.807) is 0 Å². The summed E-state index contributed by atoms with van der Waals surface area (Å²) < 4.78 is 0. The Balaban J connectivity index is 1.44. The Morgan fingerprint density at radius 2 is 1.59 bits per heavy atom. The molecular weight excluding hydrogens is 446 g/mol. The first-order valence-corrected chi connectivity index (χ1v) is 13.0. The zero-order chi connectivity index (χ0) is 23.2. The number of piperazine rings is 1. The molecule has 34 heavy (non-hydrogen) atoms. The number of benzene rings is 2. The largest absolute Gasteiger partial charge is 0.356 e. The lowest BCUT2D eigenvalue weighted by molar-refractivity contribution is -0.161. The minimum absolute atomic E-state index is 0.0379. The summed E-state index contributed by atoms with van der Waals surface area (Å²) in [6.45, 7) is 0.180. The summed E-state index contributed by atoms with van der Waals surface area (Å²) in [5.41, 5.74) is 4.18. The lowest BCUT2D eigenvalue weighted by Gasteiger charge is -2.49. The Morgan fingerprint density at radius 3 is 2.35 bits per heavy atom. The molecule has 2 unspecified atom stereocenters. The highest BCUT2D eigenvalue weighted by Crippen LogP contribution is 2.43. The van der Waals surface area contributed by atoms with E-state index in [4.69, 9.17) is 11.6 Å². The molecule has 2 fully saturated rings. The molecule has 2 aromatic carbocycles. The smallest absolute Gasteiger partial charge is 0.246 e. The van der Waals surface area contributed by atoms with Crippen molar-refractivity contribution < 1.29 is 9.59 Å². The fourth-order valence-electron chi connectivity index (χ4n) is 6.33. The molecule has 0 spiro atoms. The Bertz CT molecular complexity index is 1230. The van der Waals surface area contributed by atoms with Crippen molar-refractivity contribution in [2.45, 2.75) is 69.5 Å². The summed E-state index contributed by atoms with van der Waals surface area (Å²) in [7, 11) is 0. The van der Waals surface area contributed by atoms with Crippen LogP contribution in [-0.2, 0) is 16.0 Å². The van der Waals surface area contributed by atoms with Gasteiger partial charge in [0.05, 0.1) is 6.04 Å². The third kappa shape index (κ3) is 3.61. The van der Waals surface area contributed by atoms with Gasteiger partial charge in [0.1, 0.15) is 12.6 Å². The average molecular weight is 476 g/mol. The molecule has 0 radical (unpaired) electrons. The predicted octanol–water partition coefficient (Wildman–Crippen LogP) is 5.62. The fourth-order valence-corrected chi connectivity index (χ4v) is 6.46. The first-order valence-electron chi connectivity index (χ1n) is 12.6. The quantitative estimate of drug-likeness (QED) is 0.523. The number of fused-ring (bicyclic) bond motifs is 4. The number of rotatable bonds is 2. The van der Waals surface area contributed by atoms with E-state index in [9.17, 15) is 9.59 Å². The number of aromatic nitrogens is 1. The molecule has 1 aromatic heterocycles. The molecule has 0 bridgehead atoms. The number of nitrogens with one attached hydrogen (secondary N) is 1. The van der Waals surface area contributed by atoms with Gasteiger partial charge in [-0.1, -0.05) is 74.0 Å². The fraction of sp³-hybridized carbons (Fsp3) is 0.429. The van der Waals surface area contributed by atoms with Crippen molar-refractivity contribution in [1.82, 2.24) is 14.8 Å². The number of hydrogen-bond donors (Lipinski definition) is 1. The first kappa shape index (κ1) is 21.7. The molecular formula is C28H30ClN3O2. The van der Waals surface area contributed by atoms with Crippen LogP contribution in [0.25, 0.3) is 10.9 Å². The summed E-state index contributed by atoms with van der Waals surface area (Å²) in [5.74, 6) is 0.149. The monoisotopic (exact) mass is 475 g/mol. The van der Waals surface area contributed by atoms with Crippen molar-refractivity contribution in [3.63, 3.8) is 0 Å². The zero-order valence-electron chi connectivity index (χ0n) is 19.3. The first-order chi connectivity index (χ1) is 16.6. The number of nitrogens with zero attached hydrogens (tertiary/aromatic N) is 2. The lowest BCUT2D eigenvalue weighted by Crippen LogP contribution is -2.64. The van der Waals surface area contributed by atoms with Gasteiger partial charge in [0.2, 0.25) is 11.8 Å². The topological polar surface area (TPSA) is 56.4 Å². The maximum Gasteiger partial charge on any atom is 0.246 e. The van der Waals surface area contributed by atoms with Gasteiger partial charge in [0, 0.05) is 34.1 Å². The van der Waals surface area contributed by atoms with E-state index in [0.717, 1.165) is 53.4 Å². The number of hydrogen-bond acceptors (Lipinski definition) is 2. The molecule has 2 amide bonds. The highest BCUT2D eigenvalue weighted by molar-refractivity contribution is 6.30. The molecule has 1 saturated heterocycles. The standard InChI is InChI=1S/C28H30ClN3O2/c29-19-14-12-18(13-15-19)27-26-22(21-10-6-7-11-23(21)30-26)16-24-28(34)31(17-25(33)32(24)27)20-8-4-2-1-3-5-9-20/h6-7,10-15,20,24,27,30H,1-5,8-9,16-17H2. The van der Waals surface area contributed by atoms with Crippen LogP contribution in [0.5, 0.6) is 0 Å². The second-order valence-electron chi connectivity index (χ2n) is 10.0. The predicted molar refractivity (Wildman–Crippen MR) is 134 cm³/mol. The van der Waals surface area contributed by atoms with Gasteiger partial charge < -0.3 is 14.8 Å². The average Bonchev–Trinajstić information content (AvgIpc) is 3.19. The second kappa shape index (κ2) is 8.77. The van der Waals surface area contributed by atoms with Crippen LogP contribution in [0.3, 0.4) is 0 Å². The maximum absolute atomic E-state index is 14.0. The number of amides is 2. The van der Waals surface area contributed by atoms with Gasteiger partial charge >= 0.3 is 0 Å². The van der Waals surface area contributed by atoms with Crippen LogP contribution >= 0.6 is 11.6 Å². The highest BCUT2D eigenvalue weighted by Gasteiger charge is 2.49. The third-order valence-electron chi connectivity index (χ3n) is 7.99. The van der Waals surface area contributed by atoms with Crippen LogP contribution in [0, 0.1) is 0 Å². The minimum atomic E-state index is -0.473. The molecule has 176 valence electrons. The number of para-hydroxylation sites is 1. The van der Waals surface area contributed by atoms with E-state index in [2.05, 4.69) is 17.1 Å². The third-order valence-corrected chi connectivity index (χ3v) is 8.25. The molecule has 6 rings (SSSR count). The van der Waals surface area contributed by atoms with Crippen LogP contribution in [0.1, 0.15) is 67.8 Å². The van der Waals surface area contributed by atoms with E-state index in [0.29, 0.717) is 11.4 Å². The zero-order valence-corrected chi connectivity index (χ0v) is 20.1. The van der Waals surface area contributed by atoms with Crippen LogP contribution in [-0.4, -0.2) is 45.2 Å². The van der Waals surface area contributed by atoms with Crippen LogP contribution < -0.4 is 0 Å². The van der Waals surface area contributed by atoms with Crippen LogP contribution in [0.2, 0.25) is 5.02 Å². The number of carbonyl (C=O) groups excluding carboxylic acids is 2. The SMILES string of the molecule is O=C1C2Cc3c([nH]c4ccccc34)C(c3ccc(Cl)cc3)N2C(=O)CN1C1CCCCCCC1. The van der Waals surface area contributed by atoms with E-state index >= 15 is 0 Å². The Labute approximate surface area is 205 Å². The summed E-state index contributed by atoms with van der Waals surface area (Å²) >= 11 is 6.19. The molecule has 1 aliphatic carbocycles. The molecule has 2 aliphatic heterocycles. The number of H-pyrrole nitrogens is 1. The van der Waals surface area contributed by atoms with Crippen molar-refractivity contribution in [3.05, 3.63) is 70.4 Å². The summed E-state index contributed by atoms with van der Waals surface area (Å²) in [5, 5.41) is 1.80. The van der Waals surface area contributed by atoms with Crippen LogP contribution in [0.15, 0.2) is 48.5 Å². The molecule has 3 heterocycles. The molecule has 1 saturated carbocycles. The van der Waals surface area contributed by atoms with Crippen molar-refractivity contribution >= 4 is 34.3 Å². The molecule has 1 N–H and O–H groups in total. The summed E-state index contributed by atoms with van der Waals surface area (Å²) in [6, 6.07) is 15.3. The van der Waals surface area contributed by atoms with Gasteiger partial charge in [-0.15, -0.1) is 0 Å². The second-order valence-corrected chi connectivity index (χ2v) is 10.4. The molecule has 3 aromatic rings. The number of halogens is 1. The van der Waals surface area contributed by atoms with Crippen molar-refractivity contribution in [1.29, 1.82) is 0 Å². The lowest BCUT2D eigenvalue weighted by atomic mass is 9.85. The maximum atomic E-state index is 14.0. The molecule has 5 nitrogen and oxygen atoms in total. The minimum Gasteiger partial charge on any atom is -0.356 e. The number of aromatic amines is 1. The van der Waals surface area contributed by atoms with Gasteiger partial charge in [-0.3, -0.25) is 9.59 Å².